The van der Waals surface area contributed by atoms with Gasteiger partial charge in [0, 0.05) is 11.6 Å². The summed E-state index contributed by atoms with van der Waals surface area (Å²) in [5.41, 5.74) is 0.692. The monoisotopic (exact) mass is 264 g/mol. The van der Waals surface area contributed by atoms with Crippen molar-refractivity contribution in [1.82, 2.24) is 9.97 Å². The molecule has 0 spiro atoms. The van der Waals surface area contributed by atoms with E-state index in [4.69, 9.17) is 25.8 Å². The molecule has 0 saturated carbocycles. The molecule has 0 bridgehead atoms. The summed E-state index contributed by atoms with van der Waals surface area (Å²) in [5, 5.41) is 0.376. The van der Waals surface area contributed by atoms with Crippen molar-refractivity contribution in [2.75, 3.05) is 6.79 Å². The molecule has 1 aromatic carbocycles. The van der Waals surface area contributed by atoms with Crippen LogP contribution in [-0.4, -0.2) is 16.8 Å². The fraction of sp³-hybridized carbons (Fsp3) is 0.167. The molecule has 0 N–H and O–H groups in total. The number of halogens is 1. The Balaban J connectivity index is 1.90. The number of ether oxygens (including phenoxy) is 3. The van der Waals surface area contributed by atoms with Crippen LogP contribution in [0.5, 0.6) is 23.1 Å². The van der Waals surface area contributed by atoms with E-state index in [0.29, 0.717) is 33.8 Å². The predicted molar refractivity (Wildman–Crippen MR) is 64.4 cm³/mol. The van der Waals surface area contributed by atoms with Crippen molar-refractivity contribution in [2.24, 2.45) is 0 Å². The van der Waals surface area contributed by atoms with Crippen LogP contribution in [0.3, 0.4) is 0 Å². The van der Waals surface area contributed by atoms with Crippen molar-refractivity contribution in [3.63, 3.8) is 0 Å². The molecule has 6 heteroatoms. The fourth-order valence-electron chi connectivity index (χ4n) is 1.57. The zero-order chi connectivity index (χ0) is 12.5. The zero-order valence-corrected chi connectivity index (χ0v) is 10.3. The normalized spacial score (nSPS) is 12.6. The van der Waals surface area contributed by atoms with Crippen LogP contribution in [-0.2, 0) is 0 Å². The van der Waals surface area contributed by atoms with Gasteiger partial charge in [-0.25, -0.2) is 9.97 Å². The molecule has 1 aliphatic heterocycles. The van der Waals surface area contributed by atoms with Crippen LogP contribution in [0.2, 0.25) is 5.15 Å². The van der Waals surface area contributed by atoms with Gasteiger partial charge < -0.3 is 14.2 Å². The SMILES string of the molecule is Cc1c(Cl)ncnc1Oc1ccc2c(c1)OCO2. The first-order chi connectivity index (χ1) is 8.74. The Hall–Kier alpha value is -2.01. The molecule has 0 atom stereocenters. The number of rotatable bonds is 2. The van der Waals surface area contributed by atoms with Gasteiger partial charge in [0.2, 0.25) is 12.7 Å². The summed E-state index contributed by atoms with van der Waals surface area (Å²) in [6.45, 7) is 2.03. The second kappa shape index (κ2) is 4.34. The summed E-state index contributed by atoms with van der Waals surface area (Å²) in [4.78, 5) is 7.91. The Morgan fingerprint density at radius 3 is 2.94 bits per heavy atom. The summed E-state index contributed by atoms with van der Waals surface area (Å²) in [6.07, 6.45) is 1.36. The molecule has 0 radical (unpaired) electrons. The highest BCUT2D eigenvalue weighted by Crippen LogP contribution is 2.36. The average molecular weight is 265 g/mol. The van der Waals surface area contributed by atoms with Crippen LogP contribution in [0.1, 0.15) is 5.56 Å². The van der Waals surface area contributed by atoms with Crippen molar-refractivity contribution in [3.05, 3.63) is 35.2 Å². The number of hydrogen-bond acceptors (Lipinski definition) is 5. The Bertz CT molecular complexity index is 604. The van der Waals surface area contributed by atoms with Gasteiger partial charge in [-0.15, -0.1) is 0 Å². The third-order valence-corrected chi connectivity index (χ3v) is 2.92. The molecule has 1 aliphatic rings. The van der Waals surface area contributed by atoms with E-state index in [2.05, 4.69) is 9.97 Å². The van der Waals surface area contributed by atoms with E-state index < -0.39 is 0 Å². The average Bonchev–Trinajstić information content (AvgIpc) is 2.82. The van der Waals surface area contributed by atoms with Crippen molar-refractivity contribution in [2.45, 2.75) is 6.92 Å². The number of benzene rings is 1. The third kappa shape index (κ3) is 1.93. The molecule has 2 heterocycles. The van der Waals surface area contributed by atoms with Crippen LogP contribution in [0, 0.1) is 6.92 Å². The van der Waals surface area contributed by atoms with Gasteiger partial charge in [0.25, 0.3) is 0 Å². The molecule has 92 valence electrons. The summed E-state index contributed by atoms with van der Waals surface area (Å²) in [5.74, 6) is 2.40. The Morgan fingerprint density at radius 1 is 1.22 bits per heavy atom. The largest absolute Gasteiger partial charge is 0.454 e. The first-order valence-electron chi connectivity index (χ1n) is 5.28. The van der Waals surface area contributed by atoms with Crippen molar-refractivity contribution < 1.29 is 14.2 Å². The van der Waals surface area contributed by atoms with Crippen LogP contribution in [0.4, 0.5) is 0 Å². The van der Waals surface area contributed by atoms with E-state index in [1.165, 1.54) is 6.33 Å². The minimum absolute atomic E-state index is 0.233. The highest BCUT2D eigenvalue weighted by molar-refractivity contribution is 6.30. The lowest BCUT2D eigenvalue weighted by atomic mass is 10.3. The van der Waals surface area contributed by atoms with Crippen molar-refractivity contribution in [3.8, 4) is 23.1 Å². The molecule has 0 amide bonds. The number of hydrogen-bond donors (Lipinski definition) is 0. The summed E-state index contributed by atoms with van der Waals surface area (Å²) in [6, 6.07) is 5.32. The zero-order valence-electron chi connectivity index (χ0n) is 9.51. The molecule has 5 nitrogen and oxygen atoms in total. The van der Waals surface area contributed by atoms with E-state index >= 15 is 0 Å². The molecule has 0 saturated heterocycles. The minimum Gasteiger partial charge on any atom is -0.454 e. The molecule has 0 fully saturated rings. The number of nitrogens with zero attached hydrogens (tertiary/aromatic N) is 2. The van der Waals surface area contributed by atoms with Gasteiger partial charge in [-0.2, -0.15) is 0 Å². The summed E-state index contributed by atoms with van der Waals surface area (Å²) >= 11 is 5.90. The molecule has 0 aliphatic carbocycles. The van der Waals surface area contributed by atoms with Gasteiger partial charge in [-0.05, 0) is 19.1 Å². The Kier molecular flexibility index (Phi) is 2.68. The highest BCUT2D eigenvalue weighted by atomic mass is 35.5. The van der Waals surface area contributed by atoms with E-state index in [1.807, 2.05) is 0 Å². The molecule has 3 rings (SSSR count). The van der Waals surface area contributed by atoms with Gasteiger partial charge in [-0.1, -0.05) is 11.6 Å². The van der Waals surface area contributed by atoms with Crippen molar-refractivity contribution in [1.29, 1.82) is 0 Å². The van der Waals surface area contributed by atoms with E-state index in [-0.39, 0.29) is 6.79 Å². The summed E-state index contributed by atoms with van der Waals surface area (Å²) < 4.78 is 16.1. The first kappa shape index (κ1) is 11.1. The second-order valence-electron chi connectivity index (χ2n) is 3.71. The lowest BCUT2D eigenvalue weighted by Crippen LogP contribution is -1.94. The number of aromatic nitrogens is 2. The second-order valence-corrected chi connectivity index (χ2v) is 4.07. The molecular formula is C12H9ClN2O3. The molecule has 2 aromatic rings. The Labute approximate surface area is 108 Å². The maximum Gasteiger partial charge on any atom is 0.231 e. The van der Waals surface area contributed by atoms with Gasteiger partial charge in [0.15, 0.2) is 11.5 Å². The molecule has 1 aromatic heterocycles. The van der Waals surface area contributed by atoms with Gasteiger partial charge in [0.05, 0.1) is 0 Å². The minimum atomic E-state index is 0.233. The van der Waals surface area contributed by atoms with Crippen LogP contribution in [0.15, 0.2) is 24.5 Å². The first-order valence-corrected chi connectivity index (χ1v) is 5.66. The highest BCUT2D eigenvalue weighted by Gasteiger charge is 2.15. The van der Waals surface area contributed by atoms with Crippen LogP contribution >= 0.6 is 11.6 Å². The maximum atomic E-state index is 5.90. The predicted octanol–water partition coefficient (Wildman–Crippen LogP) is 2.96. The van der Waals surface area contributed by atoms with E-state index in [0.717, 1.165) is 0 Å². The quantitative estimate of drug-likeness (QED) is 0.781. The van der Waals surface area contributed by atoms with Gasteiger partial charge >= 0.3 is 0 Å². The van der Waals surface area contributed by atoms with Crippen LogP contribution in [0.25, 0.3) is 0 Å². The maximum absolute atomic E-state index is 5.90. The topological polar surface area (TPSA) is 53.5 Å². The summed E-state index contributed by atoms with van der Waals surface area (Å²) in [7, 11) is 0. The van der Waals surface area contributed by atoms with Crippen molar-refractivity contribution >= 4 is 11.6 Å². The molecular weight excluding hydrogens is 256 g/mol. The lowest BCUT2D eigenvalue weighted by Gasteiger charge is -2.08. The standard InChI is InChI=1S/C12H9ClN2O3/c1-7-11(13)14-5-15-12(7)18-8-2-3-9-10(4-8)17-6-16-9/h2-5H,6H2,1H3. The smallest absolute Gasteiger partial charge is 0.231 e. The lowest BCUT2D eigenvalue weighted by molar-refractivity contribution is 0.174. The van der Waals surface area contributed by atoms with Crippen LogP contribution < -0.4 is 14.2 Å². The number of fused-ring (bicyclic) bond motifs is 1. The molecule has 18 heavy (non-hydrogen) atoms. The van der Waals surface area contributed by atoms with Gasteiger partial charge in [-0.3, -0.25) is 0 Å². The van der Waals surface area contributed by atoms with Gasteiger partial charge in [0.1, 0.15) is 17.2 Å². The molecule has 0 unspecified atom stereocenters. The Morgan fingerprint density at radius 2 is 2.06 bits per heavy atom. The fourth-order valence-corrected chi connectivity index (χ4v) is 1.69. The van der Waals surface area contributed by atoms with E-state index in [1.54, 1.807) is 25.1 Å². The third-order valence-electron chi connectivity index (χ3n) is 2.53. The van der Waals surface area contributed by atoms with E-state index in [9.17, 15) is 0 Å².